The number of nitrogens with zero attached hydrogens (tertiary/aromatic N) is 7. The summed E-state index contributed by atoms with van der Waals surface area (Å²) in [5.41, 5.74) is 3.12. The van der Waals surface area contributed by atoms with E-state index in [9.17, 15) is 0 Å². The van der Waals surface area contributed by atoms with E-state index in [2.05, 4.69) is 65.1 Å². The van der Waals surface area contributed by atoms with Crippen molar-refractivity contribution in [3.63, 3.8) is 0 Å². The highest BCUT2D eigenvalue weighted by molar-refractivity contribution is 6.31. The van der Waals surface area contributed by atoms with Gasteiger partial charge in [-0.2, -0.15) is 10.4 Å². The maximum atomic E-state index is 8.73. The fourth-order valence-electron chi connectivity index (χ4n) is 4.26. The first-order valence-electron chi connectivity index (χ1n) is 11.9. The molecule has 0 aliphatic carbocycles. The lowest BCUT2D eigenvalue weighted by atomic mass is 10.1. The number of imidazole rings is 1. The van der Waals surface area contributed by atoms with Crippen LogP contribution in [0.15, 0.2) is 12.5 Å². The Balaban J connectivity index is 0.000000217. The van der Waals surface area contributed by atoms with Crippen molar-refractivity contribution in [3.05, 3.63) is 34.6 Å². The molecule has 0 aromatic carbocycles. The first-order valence-corrected chi connectivity index (χ1v) is 12.3. The number of fused-ring (bicyclic) bond motifs is 2. The molecule has 4 rings (SSSR count). The van der Waals surface area contributed by atoms with Gasteiger partial charge in [-0.05, 0) is 41.0 Å². The van der Waals surface area contributed by atoms with E-state index in [-0.39, 0.29) is 0 Å². The fourth-order valence-corrected chi connectivity index (χ4v) is 4.52. The van der Waals surface area contributed by atoms with Crippen molar-refractivity contribution >= 4 is 11.6 Å². The Morgan fingerprint density at radius 2 is 1.88 bits per heavy atom. The molecule has 0 fully saturated rings. The largest absolute Gasteiger partial charge is 0.332 e. The van der Waals surface area contributed by atoms with Gasteiger partial charge in [0.2, 0.25) is 0 Å². The summed E-state index contributed by atoms with van der Waals surface area (Å²) < 4.78 is 4.22. The molecule has 2 aliphatic heterocycles. The molecule has 8 heteroatoms. The van der Waals surface area contributed by atoms with Gasteiger partial charge in [0.05, 0.1) is 40.9 Å². The van der Waals surface area contributed by atoms with Crippen LogP contribution in [0.5, 0.6) is 0 Å². The van der Waals surface area contributed by atoms with Crippen molar-refractivity contribution in [2.45, 2.75) is 106 Å². The molecule has 0 saturated carbocycles. The number of rotatable bonds is 3. The number of halogens is 1. The molecule has 0 amide bonds. The second kappa shape index (κ2) is 12.4. The van der Waals surface area contributed by atoms with Crippen LogP contribution in [-0.4, -0.2) is 53.8 Å². The Hall–Kier alpha value is -1.88. The Labute approximate surface area is 199 Å². The molecule has 2 aromatic heterocycles. The minimum absolute atomic E-state index is 0.292. The third-order valence-corrected chi connectivity index (χ3v) is 6.47. The Morgan fingerprint density at radius 1 is 1.16 bits per heavy atom. The van der Waals surface area contributed by atoms with Gasteiger partial charge in [0.25, 0.3) is 0 Å². The summed E-state index contributed by atoms with van der Waals surface area (Å²) in [6.07, 6.45) is 5.28. The second-order valence-electron chi connectivity index (χ2n) is 8.84. The quantitative estimate of drug-likeness (QED) is 0.660. The van der Waals surface area contributed by atoms with Crippen LogP contribution >= 0.6 is 11.6 Å². The summed E-state index contributed by atoms with van der Waals surface area (Å²) in [6, 6.07) is 3.87. The fraction of sp³-hybridized carbons (Fsp3) is 0.708. The number of hydrogen-bond donors (Lipinski definition) is 0. The topological polar surface area (TPSA) is 65.9 Å². The zero-order chi connectivity index (χ0) is 23.8. The highest BCUT2D eigenvalue weighted by Crippen LogP contribution is 2.26. The van der Waals surface area contributed by atoms with E-state index in [1.807, 2.05) is 31.1 Å². The van der Waals surface area contributed by atoms with Gasteiger partial charge in [0.1, 0.15) is 0 Å². The molecule has 0 N–H and O–H groups in total. The average Bonchev–Trinajstić information content (AvgIpc) is 3.25. The van der Waals surface area contributed by atoms with Crippen molar-refractivity contribution < 1.29 is 0 Å². The molecule has 0 saturated heterocycles. The van der Waals surface area contributed by atoms with Gasteiger partial charge < -0.3 is 4.57 Å². The van der Waals surface area contributed by atoms with Gasteiger partial charge in [-0.1, -0.05) is 25.4 Å². The van der Waals surface area contributed by atoms with E-state index in [0.29, 0.717) is 29.6 Å². The van der Waals surface area contributed by atoms with Crippen molar-refractivity contribution in [2.75, 3.05) is 6.54 Å². The monoisotopic (exact) mass is 461 g/mol. The Kier molecular flexibility index (Phi) is 10.2. The molecule has 7 nitrogen and oxygen atoms in total. The molecule has 32 heavy (non-hydrogen) atoms. The summed E-state index contributed by atoms with van der Waals surface area (Å²) in [7, 11) is 0. The minimum Gasteiger partial charge on any atom is -0.332 e. The number of hydrogen-bond acceptors (Lipinski definition) is 5. The van der Waals surface area contributed by atoms with Crippen molar-refractivity contribution in [3.8, 4) is 6.07 Å². The molecule has 1 unspecified atom stereocenters. The van der Waals surface area contributed by atoms with Crippen LogP contribution < -0.4 is 0 Å². The third kappa shape index (κ3) is 6.34. The summed E-state index contributed by atoms with van der Waals surface area (Å²) in [5, 5.41) is 13.8. The molecule has 0 bridgehead atoms. The van der Waals surface area contributed by atoms with E-state index in [4.69, 9.17) is 16.9 Å². The first kappa shape index (κ1) is 26.4. The van der Waals surface area contributed by atoms with Gasteiger partial charge >= 0.3 is 0 Å². The minimum atomic E-state index is 0.292. The smallest absolute Gasteiger partial charge is 0.0954 e. The second-order valence-corrected chi connectivity index (χ2v) is 9.21. The standard InChI is InChI=1S/C12H17ClN4.C10H17N3.C2H6/c1-9(2)16-6-3-7-17-11(8-16)12(13)10(15-17)4-5-14;1-8(2)13-6-10-4-11-7-12(10)5-9(13)3;1-2/h9H,3-4,6-8H2,1-2H3;4,7-9H,5-6H2,1-3H3;1-2H3. The number of aromatic nitrogens is 4. The normalized spacial score (nSPS) is 18.6. The van der Waals surface area contributed by atoms with E-state index in [1.54, 1.807) is 0 Å². The van der Waals surface area contributed by atoms with E-state index in [1.165, 1.54) is 5.69 Å². The van der Waals surface area contributed by atoms with Gasteiger partial charge in [0, 0.05) is 57.0 Å². The van der Waals surface area contributed by atoms with Crippen LogP contribution in [0, 0.1) is 11.3 Å². The lowest BCUT2D eigenvalue weighted by Gasteiger charge is -2.37. The molecule has 0 spiro atoms. The molecule has 1 atom stereocenters. The summed E-state index contributed by atoms with van der Waals surface area (Å²) in [5.74, 6) is 0. The lowest BCUT2D eigenvalue weighted by molar-refractivity contribution is 0.115. The first-order chi connectivity index (χ1) is 15.3. The van der Waals surface area contributed by atoms with Crippen molar-refractivity contribution in [2.24, 2.45) is 0 Å². The number of aryl methyl sites for hydroxylation is 1. The maximum Gasteiger partial charge on any atom is 0.0954 e. The molecule has 4 heterocycles. The number of nitriles is 1. The van der Waals surface area contributed by atoms with Gasteiger partial charge in [-0.3, -0.25) is 14.5 Å². The summed E-state index contributed by atoms with van der Waals surface area (Å²) in [6.45, 7) is 20.1. The average molecular weight is 462 g/mol. The van der Waals surface area contributed by atoms with Crippen LogP contribution in [-0.2, 0) is 32.6 Å². The van der Waals surface area contributed by atoms with Crippen LogP contribution in [0.4, 0.5) is 0 Å². The van der Waals surface area contributed by atoms with E-state index < -0.39 is 0 Å². The summed E-state index contributed by atoms with van der Waals surface area (Å²) >= 11 is 6.30. The maximum absolute atomic E-state index is 8.73. The van der Waals surface area contributed by atoms with E-state index in [0.717, 1.165) is 50.5 Å². The predicted molar refractivity (Wildman–Crippen MR) is 130 cm³/mol. The summed E-state index contributed by atoms with van der Waals surface area (Å²) in [4.78, 5) is 9.07. The van der Waals surface area contributed by atoms with Crippen LogP contribution in [0.25, 0.3) is 0 Å². The third-order valence-electron chi connectivity index (χ3n) is 6.04. The van der Waals surface area contributed by atoms with Crippen molar-refractivity contribution in [1.82, 2.24) is 29.1 Å². The molecule has 178 valence electrons. The van der Waals surface area contributed by atoms with E-state index >= 15 is 0 Å². The zero-order valence-electron chi connectivity index (χ0n) is 20.8. The Morgan fingerprint density at radius 3 is 2.50 bits per heavy atom. The molecule has 2 aliphatic rings. The SMILES string of the molecule is CC.CC(C)N1CCCn2nc(CC#N)c(Cl)c2C1.CC(C)N1Cc2cncn2CC1C. The van der Waals surface area contributed by atoms with Crippen LogP contribution in [0.1, 0.15) is 72.0 Å². The van der Waals surface area contributed by atoms with Gasteiger partial charge in [-0.15, -0.1) is 0 Å². The molecular weight excluding hydrogens is 422 g/mol. The highest BCUT2D eigenvalue weighted by Gasteiger charge is 2.24. The van der Waals surface area contributed by atoms with Crippen molar-refractivity contribution in [1.29, 1.82) is 5.26 Å². The van der Waals surface area contributed by atoms with Crippen LogP contribution in [0.2, 0.25) is 5.02 Å². The Bertz CT molecular complexity index is 878. The van der Waals surface area contributed by atoms with Gasteiger partial charge in [0.15, 0.2) is 0 Å². The highest BCUT2D eigenvalue weighted by atomic mass is 35.5. The molecule has 0 radical (unpaired) electrons. The lowest BCUT2D eigenvalue weighted by Crippen LogP contribution is -2.44. The molecule has 2 aromatic rings. The van der Waals surface area contributed by atoms with Crippen LogP contribution in [0.3, 0.4) is 0 Å². The predicted octanol–water partition coefficient (Wildman–Crippen LogP) is 4.74. The zero-order valence-corrected chi connectivity index (χ0v) is 21.6. The molecular formula is C24H40ClN7. The van der Waals surface area contributed by atoms with Gasteiger partial charge in [-0.25, -0.2) is 4.98 Å².